The molecule has 34 heteroatoms. The third-order valence-electron chi connectivity index (χ3n) is 20.7. The van der Waals surface area contributed by atoms with E-state index in [0.29, 0.717) is 25.7 Å². The molecule has 2 bridgehead atoms. The first kappa shape index (κ1) is 90.6. The van der Waals surface area contributed by atoms with Crippen molar-refractivity contribution in [1.29, 1.82) is 0 Å². The molecule has 0 spiro atoms. The van der Waals surface area contributed by atoms with E-state index >= 15 is 0 Å². The van der Waals surface area contributed by atoms with Crippen molar-refractivity contribution in [1.82, 2.24) is 0 Å². The van der Waals surface area contributed by atoms with E-state index in [0.717, 1.165) is 39.5 Å². The fourth-order valence-electron chi connectivity index (χ4n) is 14.9. The van der Waals surface area contributed by atoms with Crippen molar-refractivity contribution in [2.45, 2.75) is 266 Å². The number of halogens is 34. The molecular formula is C59H86F34. The summed E-state index contributed by atoms with van der Waals surface area (Å²) < 4.78 is 435. The largest absolute Gasteiger partial charge is 0.394 e. The van der Waals surface area contributed by atoms with E-state index in [2.05, 4.69) is 0 Å². The number of alkyl halides is 34. The van der Waals surface area contributed by atoms with Gasteiger partial charge < -0.3 is 0 Å². The van der Waals surface area contributed by atoms with Gasteiger partial charge in [-0.2, -0.15) is 119 Å². The zero-order valence-corrected chi connectivity index (χ0v) is 53.8. The summed E-state index contributed by atoms with van der Waals surface area (Å²) in [6, 6.07) is 0. The normalized spacial score (nSPS) is 39.9. The summed E-state index contributed by atoms with van der Waals surface area (Å²) in [4.78, 5) is 0. The van der Waals surface area contributed by atoms with E-state index in [9.17, 15) is 149 Å². The van der Waals surface area contributed by atoms with E-state index in [1.54, 1.807) is 13.8 Å². The average molecular weight is 1440 g/mol. The molecule has 8 rings (SSSR count). The Morgan fingerprint density at radius 1 is 0.366 bits per heavy atom. The Bertz CT molecular complexity index is 2110. The quantitative estimate of drug-likeness (QED) is 0.230. The molecule has 0 heterocycles. The van der Waals surface area contributed by atoms with Crippen LogP contribution in [0.5, 0.6) is 0 Å². The predicted molar refractivity (Wildman–Crippen MR) is 279 cm³/mol. The highest BCUT2D eigenvalue weighted by Gasteiger charge is 2.91. The van der Waals surface area contributed by atoms with Crippen molar-refractivity contribution < 1.29 is 149 Å². The highest BCUT2D eigenvalue weighted by Crippen LogP contribution is 2.71. The van der Waals surface area contributed by atoms with Gasteiger partial charge in [0, 0.05) is 11.8 Å². The molecule has 560 valence electrons. The van der Waals surface area contributed by atoms with Gasteiger partial charge in [0.25, 0.3) is 5.92 Å². The van der Waals surface area contributed by atoms with Gasteiger partial charge in [-0.25, -0.2) is 30.7 Å². The molecule has 0 N–H and O–H groups in total. The van der Waals surface area contributed by atoms with E-state index in [1.807, 2.05) is 34.6 Å². The Kier molecular flexibility index (Phi) is 30.2. The number of hydrogen-bond acceptors (Lipinski definition) is 0. The van der Waals surface area contributed by atoms with Crippen molar-refractivity contribution in [3.63, 3.8) is 0 Å². The highest BCUT2D eigenvalue weighted by atomic mass is 19.4. The second kappa shape index (κ2) is 31.0. The van der Waals surface area contributed by atoms with Crippen molar-refractivity contribution in [2.24, 2.45) is 106 Å². The average Bonchev–Trinajstić information content (AvgIpc) is 1.28. The molecule has 8 aliphatic rings. The Morgan fingerprint density at radius 3 is 0.989 bits per heavy atom. The highest BCUT2D eigenvalue weighted by molar-refractivity contribution is 5.20. The van der Waals surface area contributed by atoms with Crippen LogP contribution < -0.4 is 0 Å². The molecule has 0 saturated heterocycles. The monoisotopic (exact) mass is 1440 g/mol. The molecule has 16 unspecified atom stereocenters. The van der Waals surface area contributed by atoms with Gasteiger partial charge in [0.15, 0.2) is 6.17 Å². The molecule has 8 fully saturated rings. The topological polar surface area (TPSA) is 0 Å². The van der Waals surface area contributed by atoms with Gasteiger partial charge in [-0.3, -0.25) is 0 Å². The van der Waals surface area contributed by atoms with Crippen LogP contribution in [0.4, 0.5) is 149 Å². The Balaban J connectivity index is 0.00000109. The van der Waals surface area contributed by atoms with Crippen molar-refractivity contribution in [3.05, 3.63) is 0 Å². The zero-order chi connectivity index (χ0) is 74.9. The zero-order valence-electron chi connectivity index (χ0n) is 53.8. The Morgan fingerprint density at radius 2 is 0.710 bits per heavy atom. The van der Waals surface area contributed by atoms with Crippen LogP contribution >= 0.6 is 0 Å². The van der Waals surface area contributed by atoms with E-state index in [-0.39, 0.29) is 37.5 Å². The van der Waals surface area contributed by atoms with Crippen LogP contribution in [0.3, 0.4) is 0 Å². The maximum atomic E-state index is 13.2. The number of rotatable bonds is 1. The molecule has 0 amide bonds. The summed E-state index contributed by atoms with van der Waals surface area (Å²) in [6.07, 6.45) is -37.0. The Labute approximate surface area is 520 Å². The standard InChI is InChI=1S/C12H15F9.C10H14F6.C9H13F3.C8H7F9.C8H12F4.C8H13F3.2C2H6/c1-4-5(2)8(11(16,17)18)9(12(19,20)21)6(3)7(4)10(13,14)15;1-5-3-6(2)8(10(14,15)16)7(4-5)9(11,12)13;1-5-6-3-4-7(5)8(6,2)9(10,11)12;1-3-5(10,11)4(2,9)7(14,15)8(16,17)6(3,12)13;1-3-5(9)4(2)7(11)8(12)6(3)10;1-2-7(8(9,10)11)5-3-4-6-7;2*1-2/h4-9H,1-3H3;5-8H,3-4H2,1-2H3;5-7H,3-4H2,1-2H3;3H,1-2H3;3-8H,1-2H3;2-6H2,1H3;2*1-2H3/t4-,5?,6?,7?,8?,9?;5-,6?,7?,8?;5?,6-,7+,8?;3-,4?;3-,4?,5?,6?,7?,8?;;;/m10.00.../s1. The fraction of sp³-hybridized carbons (Fsp3) is 1.00. The second-order valence-corrected chi connectivity index (χ2v) is 25.9. The van der Waals surface area contributed by atoms with E-state index < -0.39 is 192 Å². The molecule has 0 radical (unpaired) electrons. The van der Waals surface area contributed by atoms with Crippen LogP contribution in [0.25, 0.3) is 0 Å². The summed E-state index contributed by atoms with van der Waals surface area (Å²) in [7, 11) is 0. The molecule has 0 aromatic carbocycles. The maximum Gasteiger partial charge on any atom is 0.394 e. The van der Waals surface area contributed by atoms with Crippen LogP contribution in [0.15, 0.2) is 0 Å². The van der Waals surface area contributed by atoms with Crippen molar-refractivity contribution in [2.75, 3.05) is 0 Å². The molecule has 8 saturated carbocycles. The minimum atomic E-state index is -6.19. The summed E-state index contributed by atoms with van der Waals surface area (Å²) in [5.74, 6) is -48.4. The fourth-order valence-corrected chi connectivity index (χ4v) is 14.9. The molecule has 93 heavy (non-hydrogen) atoms. The predicted octanol–water partition coefficient (Wildman–Crippen LogP) is 25.2. The van der Waals surface area contributed by atoms with Crippen molar-refractivity contribution >= 4 is 0 Å². The smallest absolute Gasteiger partial charge is 0.247 e. The molecule has 0 aliphatic heterocycles. The van der Waals surface area contributed by atoms with Crippen LogP contribution in [-0.4, -0.2) is 97.3 Å². The van der Waals surface area contributed by atoms with E-state index in [1.165, 1.54) is 27.7 Å². The third-order valence-corrected chi connectivity index (χ3v) is 20.7. The lowest BCUT2D eigenvalue weighted by Crippen LogP contribution is -2.77. The van der Waals surface area contributed by atoms with Crippen molar-refractivity contribution in [3.8, 4) is 0 Å². The minimum Gasteiger partial charge on any atom is -0.247 e. The number of fused-ring (bicyclic) bond motifs is 1. The maximum absolute atomic E-state index is 13.2. The van der Waals surface area contributed by atoms with Crippen LogP contribution in [-0.2, 0) is 0 Å². The van der Waals surface area contributed by atoms with Gasteiger partial charge in [-0.15, -0.1) is 0 Å². The second-order valence-electron chi connectivity index (χ2n) is 25.9. The molecular weight excluding hydrogens is 1350 g/mol. The molecule has 0 aromatic rings. The lowest BCUT2D eigenvalue weighted by atomic mass is 9.53. The summed E-state index contributed by atoms with van der Waals surface area (Å²) >= 11 is 0. The molecule has 0 aromatic heterocycles. The van der Waals surface area contributed by atoms with Crippen LogP contribution in [0.1, 0.15) is 169 Å². The molecule has 8 aliphatic carbocycles. The lowest BCUT2D eigenvalue weighted by molar-refractivity contribution is -0.431. The molecule has 22 atom stereocenters. The van der Waals surface area contributed by atoms with Gasteiger partial charge in [-0.1, -0.05) is 117 Å². The van der Waals surface area contributed by atoms with Gasteiger partial charge in [0.1, 0.15) is 18.5 Å². The first-order valence-corrected chi connectivity index (χ1v) is 30.4. The molecule has 0 nitrogen and oxygen atoms in total. The first-order chi connectivity index (χ1) is 41.2. The van der Waals surface area contributed by atoms with Gasteiger partial charge in [-0.05, 0) is 99.2 Å². The van der Waals surface area contributed by atoms with Gasteiger partial charge >= 0.3 is 61.0 Å². The summed E-state index contributed by atoms with van der Waals surface area (Å²) in [6.45, 7) is 20.1. The third kappa shape index (κ3) is 18.2. The van der Waals surface area contributed by atoms with Crippen LogP contribution in [0, 0.1) is 106 Å². The first-order valence-electron chi connectivity index (χ1n) is 30.4. The minimum absolute atomic E-state index is 0.0949. The SMILES string of the molecule is CC.CC.CC1C(C(F)(F)F)C(C(F)(F)F)C(C)[C@@H](C)C1C(F)(F)F.CC1C(F)C(F)C(F)[C@@H](C)C1F.CC1C[C@H](C)CC(C(F)(F)F)C1C(F)(F)F.CC1[C@H]2CC[C@@H]1C2(C)C(F)(F)F.CCC1(C(F)(F)F)CCCC1.C[C@H]1C(F)(F)C(C)(F)C(F)(F)C(F)(F)C1(F)F. The summed E-state index contributed by atoms with van der Waals surface area (Å²) in [5.41, 5.74) is -7.73. The van der Waals surface area contributed by atoms with Gasteiger partial charge in [0.2, 0.25) is 5.67 Å². The summed E-state index contributed by atoms with van der Waals surface area (Å²) in [5, 5.41) is 0. The van der Waals surface area contributed by atoms with Gasteiger partial charge in [0.05, 0.1) is 46.3 Å². The number of hydrogen-bond donors (Lipinski definition) is 0. The van der Waals surface area contributed by atoms with E-state index in [4.69, 9.17) is 0 Å². The van der Waals surface area contributed by atoms with Crippen LogP contribution in [0.2, 0.25) is 0 Å². The Hall–Kier alpha value is -2.38. The lowest BCUT2D eigenvalue weighted by Gasteiger charge is -2.53.